The molecule has 3 rings (SSSR count). The number of halogens is 2. The van der Waals surface area contributed by atoms with Crippen molar-refractivity contribution < 1.29 is 13.6 Å². The number of rotatable bonds is 4. The van der Waals surface area contributed by atoms with Gasteiger partial charge in [-0.05, 0) is 43.4 Å². The molecule has 1 N–H and O–H groups in total. The van der Waals surface area contributed by atoms with E-state index in [0.29, 0.717) is 24.7 Å². The maximum Gasteiger partial charge on any atom is 0.240 e. The van der Waals surface area contributed by atoms with E-state index in [1.54, 1.807) is 4.90 Å². The highest BCUT2D eigenvalue weighted by Gasteiger charge is 2.33. The zero-order chi connectivity index (χ0) is 14.1. The highest BCUT2D eigenvalue weighted by atomic mass is 19.2. The van der Waals surface area contributed by atoms with Crippen LogP contribution in [0.25, 0.3) is 0 Å². The van der Waals surface area contributed by atoms with E-state index in [4.69, 9.17) is 0 Å². The fourth-order valence-electron chi connectivity index (χ4n) is 2.64. The van der Waals surface area contributed by atoms with E-state index in [1.165, 1.54) is 12.1 Å². The van der Waals surface area contributed by atoms with Crippen molar-refractivity contribution in [2.24, 2.45) is 0 Å². The number of carbonyl (C=O) groups is 1. The van der Waals surface area contributed by atoms with Crippen LogP contribution in [0.4, 0.5) is 8.78 Å². The second-order valence-electron chi connectivity index (χ2n) is 5.64. The number of benzene rings is 1. The van der Waals surface area contributed by atoms with Crippen LogP contribution < -0.4 is 5.32 Å². The van der Waals surface area contributed by atoms with E-state index in [-0.39, 0.29) is 11.9 Å². The van der Waals surface area contributed by atoms with Gasteiger partial charge in [-0.25, -0.2) is 8.78 Å². The van der Waals surface area contributed by atoms with Crippen molar-refractivity contribution in [2.75, 3.05) is 6.54 Å². The summed E-state index contributed by atoms with van der Waals surface area (Å²) in [6.07, 6.45) is 4.10. The van der Waals surface area contributed by atoms with Gasteiger partial charge in [0.05, 0.1) is 6.04 Å². The summed E-state index contributed by atoms with van der Waals surface area (Å²) in [5.41, 5.74) is 0.629. The minimum Gasteiger partial charge on any atom is -0.337 e. The maximum atomic E-state index is 13.2. The Kier molecular flexibility index (Phi) is 3.70. The maximum absolute atomic E-state index is 13.2. The summed E-state index contributed by atoms with van der Waals surface area (Å²) in [5, 5.41) is 3.35. The van der Waals surface area contributed by atoms with E-state index in [9.17, 15) is 13.6 Å². The number of nitrogens with one attached hydrogen (secondary N) is 1. The molecule has 108 valence electrons. The van der Waals surface area contributed by atoms with E-state index in [1.807, 2.05) is 0 Å². The van der Waals surface area contributed by atoms with Crippen LogP contribution in [0.5, 0.6) is 0 Å². The highest BCUT2D eigenvalue weighted by Crippen LogP contribution is 2.23. The topological polar surface area (TPSA) is 32.3 Å². The van der Waals surface area contributed by atoms with E-state index < -0.39 is 11.6 Å². The first-order valence-corrected chi connectivity index (χ1v) is 7.12. The van der Waals surface area contributed by atoms with Crippen molar-refractivity contribution in [1.82, 2.24) is 10.2 Å². The first-order chi connectivity index (χ1) is 9.63. The SMILES string of the molecule is O=C1C(NC2CC2)CCCN1Cc1ccc(F)c(F)c1. The molecule has 2 fully saturated rings. The van der Waals surface area contributed by atoms with Crippen LogP contribution in [0.1, 0.15) is 31.2 Å². The van der Waals surface area contributed by atoms with Gasteiger partial charge in [0.2, 0.25) is 5.91 Å². The second kappa shape index (κ2) is 5.48. The van der Waals surface area contributed by atoms with Crippen molar-refractivity contribution in [3.05, 3.63) is 35.4 Å². The summed E-state index contributed by atoms with van der Waals surface area (Å²) < 4.78 is 26.1. The molecule has 0 aromatic heterocycles. The number of nitrogens with zero attached hydrogens (tertiary/aromatic N) is 1. The molecule has 1 saturated heterocycles. The average Bonchev–Trinajstić information content (AvgIpc) is 3.23. The zero-order valence-corrected chi connectivity index (χ0v) is 11.2. The molecule has 0 bridgehead atoms. The number of piperidine rings is 1. The number of carbonyl (C=O) groups excluding carboxylic acids is 1. The molecule has 5 heteroatoms. The van der Waals surface area contributed by atoms with Crippen molar-refractivity contribution >= 4 is 5.91 Å². The molecule has 1 saturated carbocycles. The predicted molar refractivity (Wildman–Crippen MR) is 71.0 cm³/mol. The third-order valence-electron chi connectivity index (χ3n) is 3.90. The summed E-state index contributed by atoms with van der Waals surface area (Å²) >= 11 is 0. The molecule has 1 atom stereocenters. The zero-order valence-electron chi connectivity index (χ0n) is 11.2. The Labute approximate surface area is 117 Å². The Morgan fingerprint density at radius 1 is 1.20 bits per heavy atom. The highest BCUT2D eigenvalue weighted by molar-refractivity contribution is 5.82. The Morgan fingerprint density at radius 2 is 2.00 bits per heavy atom. The van der Waals surface area contributed by atoms with E-state index in [0.717, 1.165) is 31.7 Å². The van der Waals surface area contributed by atoms with Gasteiger partial charge in [0, 0.05) is 19.1 Å². The average molecular weight is 280 g/mol. The Bertz CT molecular complexity index is 517. The Hall–Kier alpha value is -1.49. The molecule has 1 unspecified atom stereocenters. The third-order valence-corrected chi connectivity index (χ3v) is 3.90. The summed E-state index contributed by atoms with van der Waals surface area (Å²) in [4.78, 5) is 14.1. The fourth-order valence-corrected chi connectivity index (χ4v) is 2.64. The van der Waals surface area contributed by atoms with E-state index in [2.05, 4.69) is 5.32 Å². The van der Waals surface area contributed by atoms with Crippen molar-refractivity contribution in [3.63, 3.8) is 0 Å². The Morgan fingerprint density at radius 3 is 2.70 bits per heavy atom. The molecular formula is C15H18F2N2O. The molecule has 20 heavy (non-hydrogen) atoms. The Balaban J connectivity index is 1.65. The van der Waals surface area contributed by atoms with Gasteiger partial charge in [-0.15, -0.1) is 0 Å². The van der Waals surface area contributed by atoms with Gasteiger partial charge in [-0.1, -0.05) is 6.07 Å². The normalized spacial score (nSPS) is 23.2. The van der Waals surface area contributed by atoms with Crippen LogP contribution in [0, 0.1) is 11.6 Å². The van der Waals surface area contributed by atoms with Gasteiger partial charge in [0.15, 0.2) is 11.6 Å². The van der Waals surface area contributed by atoms with Crippen molar-refractivity contribution in [1.29, 1.82) is 0 Å². The molecular weight excluding hydrogens is 262 g/mol. The van der Waals surface area contributed by atoms with Gasteiger partial charge < -0.3 is 10.2 Å². The second-order valence-corrected chi connectivity index (χ2v) is 5.64. The van der Waals surface area contributed by atoms with Gasteiger partial charge in [0.25, 0.3) is 0 Å². The molecule has 1 aliphatic heterocycles. The lowest BCUT2D eigenvalue weighted by Crippen LogP contribution is -2.50. The van der Waals surface area contributed by atoms with Crippen LogP contribution >= 0.6 is 0 Å². The lowest BCUT2D eigenvalue weighted by Gasteiger charge is -2.33. The fraction of sp³-hybridized carbons (Fsp3) is 0.533. The third kappa shape index (κ3) is 2.98. The lowest BCUT2D eigenvalue weighted by molar-refractivity contribution is -0.136. The quantitative estimate of drug-likeness (QED) is 0.917. The molecule has 0 spiro atoms. The minimum absolute atomic E-state index is 0.0767. The molecule has 3 nitrogen and oxygen atoms in total. The van der Waals surface area contributed by atoms with E-state index >= 15 is 0 Å². The predicted octanol–water partition coefficient (Wildman–Crippen LogP) is 2.21. The summed E-state index contributed by atoms with van der Waals surface area (Å²) in [6.45, 7) is 1.03. The smallest absolute Gasteiger partial charge is 0.240 e. The summed E-state index contributed by atoms with van der Waals surface area (Å²) in [5.74, 6) is -1.64. The molecule has 1 heterocycles. The molecule has 1 aromatic carbocycles. The first-order valence-electron chi connectivity index (χ1n) is 7.12. The first kappa shape index (κ1) is 13.5. The largest absolute Gasteiger partial charge is 0.337 e. The monoisotopic (exact) mass is 280 g/mol. The van der Waals surface area contributed by atoms with Crippen molar-refractivity contribution in [3.8, 4) is 0 Å². The van der Waals surface area contributed by atoms with Crippen LogP contribution in [-0.4, -0.2) is 29.4 Å². The van der Waals surface area contributed by atoms with Gasteiger partial charge in [0.1, 0.15) is 0 Å². The van der Waals surface area contributed by atoms with Crippen LogP contribution in [0.3, 0.4) is 0 Å². The molecule has 1 aliphatic carbocycles. The molecule has 2 aliphatic rings. The van der Waals surface area contributed by atoms with Crippen molar-refractivity contribution in [2.45, 2.75) is 44.3 Å². The molecule has 1 aromatic rings. The van der Waals surface area contributed by atoms with Gasteiger partial charge in [-0.2, -0.15) is 0 Å². The van der Waals surface area contributed by atoms with Crippen LogP contribution in [0.15, 0.2) is 18.2 Å². The van der Waals surface area contributed by atoms with Gasteiger partial charge >= 0.3 is 0 Å². The number of amides is 1. The van der Waals surface area contributed by atoms with Gasteiger partial charge in [-0.3, -0.25) is 4.79 Å². The molecule has 0 radical (unpaired) electrons. The minimum atomic E-state index is -0.861. The molecule has 1 amide bonds. The van der Waals surface area contributed by atoms with Crippen LogP contribution in [0.2, 0.25) is 0 Å². The number of hydrogen-bond donors (Lipinski definition) is 1. The lowest BCUT2D eigenvalue weighted by atomic mass is 10.0. The summed E-state index contributed by atoms with van der Waals surface area (Å²) in [7, 11) is 0. The summed E-state index contributed by atoms with van der Waals surface area (Å²) in [6, 6.07) is 4.19. The number of hydrogen-bond acceptors (Lipinski definition) is 2. The van der Waals surface area contributed by atoms with Crippen LogP contribution in [-0.2, 0) is 11.3 Å². The number of likely N-dealkylation sites (tertiary alicyclic amines) is 1. The standard InChI is InChI=1S/C15H18F2N2O/c16-12-6-3-10(8-13(12)17)9-19-7-1-2-14(15(19)20)18-11-4-5-11/h3,6,8,11,14,18H,1-2,4-5,7,9H2.